The van der Waals surface area contributed by atoms with Crippen LogP contribution < -0.4 is 5.32 Å². The number of amides is 1. The molecule has 1 aliphatic rings. The van der Waals surface area contributed by atoms with Gasteiger partial charge in [-0.2, -0.15) is 0 Å². The van der Waals surface area contributed by atoms with Gasteiger partial charge in [-0.1, -0.05) is 12.1 Å². The Hall–Kier alpha value is -1.43. The van der Waals surface area contributed by atoms with Gasteiger partial charge in [0.05, 0.1) is 12.2 Å². The van der Waals surface area contributed by atoms with Gasteiger partial charge in [-0.25, -0.2) is 0 Å². The lowest BCUT2D eigenvalue weighted by Gasteiger charge is -2.35. The number of hydrogen-bond acceptors (Lipinski definition) is 4. The molecule has 0 aliphatic carbocycles. The van der Waals surface area contributed by atoms with E-state index in [0.29, 0.717) is 18.5 Å². The summed E-state index contributed by atoms with van der Waals surface area (Å²) in [6, 6.07) is 7.73. The van der Waals surface area contributed by atoms with E-state index in [4.69, 9.17) is 9.84 Å². The highest BCUT2D eigenvalue weighted by Gasteiger charge is 2.21. The van der Waals surface area contributed by atoms with Crippen LogP contribution in [0.4, 0.5) is 0 Å². The third kappa shape index (κ3) is 5.09. The van der Waals surface area contributed by atoms with Crippen molar-refractivity contribution in [3.63, 3.8) is 0 Å². The maximum absolute atomic E-state index is 11.9. The number of aliphatic hydroxyl groups is 1. The molecule has 22 heavy (non-hydrogen) atoms. The zero-order valence-corrected chi connectivity index (χ0v) is 13.4. The molecular weight excluding hydrogens is 280 g/mol. The molecule has 0 radical (unpaired) electrons. The van der Waals surface area contributed by atoms with Crippen LogP contribution in [0.1, 0.15) is 36.2 Å². The molecule has 0 spiro atoms. The molecule has 0 saturated carbocycles. The molecule has 2 unspecified atom stereocenters. The number of carbonyl (C=O) groups is 1. The molecule has 2 rings (SSSR count). The van der Waals surface area contributed by atoms with Crippen molar-refractivity contribution in [2.24, 2.45) is 0 Å². The zero-order valence-electron chi connectivity index (χ0n) is 13.4. The molecule has 1 amide bonds. The van der Waals surface area contributed by atoms with E-state index in [-0.39, 0.29) is 24.7 Å². The lowest BCUT2D eigenvalue weighted by atomic mass is 10.1. The maximum Gasteiger partial charge on any atom is 0.251 e. The van der Waals surface area contributed by atoms with E-state index in [9.17, 15) is 4.79 Å². The summed E-state index contributed by atoms with van der Waals surface area (Å²) in [6.45, 7) is 7.55. The van der Waals surface area contributed by atoms with Crippen LogP contribution in [0.2, 0.25) is 0 Å². The highest BCUT2D eigenvalue weighted by Crippen LogP contribution is 2.14. The van der Waals surface area contributed by atoms with Gasteiger partial charge in [0.15, 0.2) is 0 Å². The fourth-order valence-electron chi connectivity index (χ4n) is 2.82. The first-order valence-corrected chi connectivity index (χ1v) is 7.94. The van der Waals surface area contributed by atoms with Crippen molar-refractivity contribution < 1.29 is 14.6 Å². The molecule has 122 valence electrons. The molecule has 1 aliphatic heterocycles. The second-order valence-corrected chi connectivity index (χ2v) is 5.98. The number of morpholine rings is 1. The number of benzene rings is 1. The third-order valence-electron chi connectivity index (χ3n) is 3.74. The number of hydrogen-bond donors (Lipinski definition) is 2. The molecule has 0 bridgehead atoms. The maximum atomic E-state index is 11.9. The van der Waals surface area contributed by atoms with E-state index in [0.717, 1.165) is 19.6 Å². The number of ether oxygens (including phenoxy) is 1. The molecule has 2 N–H and O–H groups in total. The SMILES string of the molecule is CC1CN(Cc2ccc(C(=O)NCCCO)cc2)CC(C)O1. The van der Waals surface area contributed by atoms with E-state index < -0.39 is 0 Å². The molecule has 1 aromatic rings. The molecule has 1 fully saturated rings. The highest BCUT2D eigenvalue weighted by molar-refractivity contribution is 5.94. The first-order chi connectivity index (χ1) is 10.6. The standard InChI is InChI=1S/C17H26N2O3/c1-13-10-19(11-14(2)22-13)12-15-4-6-16(7-5-15)17(21)18-8-3-9-20/h4-7,13-14,20H,3,8-12H2,1-2H3,(H,18,21). The molecule has 2 atom stereocenters. The van der Waals surface area contributed by atoms with Crippen LogP contribution in [0.5, 0.6) is 0 Å². The van der Waals surface area contributed by atoms with E-state index >= 15 is 0 Å². The van der Waals surface area contributed by atoms with Gasteiger partial charge in [-0.15, -0.1) is 0 Å². The number of nitrogens with one attached hydrogen (secondary N) is 1. The lowest BCUT2D eigenvalue weighted by molar-refractivity contribution is -0.0704. The predicted molar refractivity (Wildman–Crippen MR) is 85.8 cm³/mol. The predicted octanol–water partition coefficient (Wildman–Crippen LogP) is 1.41. The Morgan fingerprint density at radius 2 is 1.91 bits per heavy atom. The van der Waals surface area contributed by atoms with Crippen molar-refractivity contribution in [3.8, 4) is 0 Å². The molecule has 1 heterocycles. The average molecular weight is 306 g/mol. The smallest absolute Gasteiger partial charge is 0.251 e. The van der Waals surface area contributed by atoms with Gasteiger partial charge in [-0.3, -0.25) is 9.69 Å². The van der Waals surface area contributed by atoms with E-state index in [1.807, 2.05) is 24.3 Å². The summed E-state index contributed by atoms with van der Waals surface area (Å²) in [5, 5.41) is 11.5. The van der Waals surface area contributed by atoms with Gasteiger partial charge in [0.1, 0.15) is 0 Å². The Morgan fingerprint density at radius 3 is 2.50 bits per heavy atom. The molecule has 5 heteroatoms. The number of rotatable bonds is 6. The summed E-state index contributed by atoms with van der Waals surface area (Å²) in [4.78, 5) is 14.3. The summed E-state index contributed by atoms with van der Waals surface area (Å²) in [5.74, 6) is -0.0892. The normalized spacial score (nSPS) is 22.5. The van der Waals surface area contributed by atoms with Gasteiger partial charge < -0.3 is 15.2 Å². The third-order valence-corrected chi connectivity index (χ3v) is 3.74. The first-order valence-electron chi connectivity index (χ1n) is 7.94. The van der Waals surface area contributed by atoms with Crippen LogP contribution in [-0.4, -0.2) is 54.4 Å². The number of carbonyl (C=O) groups excluding carboxylic acids is 1. The van der Waals surface area contributed by atoms with Gasteiger partial charge in [0, 0.05) is 38.3 Å². The van der Waals surface area contributed by atoms with Crippen molar-refractivity contribution >= 4 is 5.91 Å². The molecule has 1 saturated heterocycles. The molecular formula is C17H26N2O3. The van der Waals surface area contributed by atoms with E-state index in [1.165, 1.54) is 5.56 Å². The fourth-order valence-corrected chi connectivity index (χ4v) is 2.82. The quantitative estimate of drug-likeness (QED) is 0.780. The average Bonchev–Trinajstić information content (AvgIpc) is 2.47. The summed E-state index contributed by atoms with van der Waals surface area (Å²) in [6.07, 6.45) is 1.11. The van der Waals surface area contributed by atoms with Gasteiger partial charge >= 0.3 is 0 Å². The topological polar surface area (TPSA) is 61.8 Å². The second-order valence-electron chi connectivity index (χ2n) is 5.98. The Kier molecular flexibility index (Phi) is 6.36. The minimum atomic E-state index is -0.0892. The largest absolute Gasteiger partial charge is 0.396 e. The van der Waals surface area contributed by atoms with Crippen molar-refractivity contribution in [3.05, 3.63) is 35.4 Å². The van der Waals surface area contributed by atoms with Crippen molar-refractivity contribution in [1.29, 1.82) is 0 Å². The van der Waals surface area contributed by atoms with E-state index in [2.05, 4.69) is 24.1 Å². The number of aliphatic hydroxyl groups excluding tert-OH is 1. The minimum Gasteiger partial charge on any atom is -0.396 e. The Labute approximate surface area is 132 Å². The van der Waals surface area contributed by atoms with Crippen LogP contribution in [-0.2, 0) is 11.3 Å². The molecule has 5 nitrogen and oxygen atoms in total. The van der Waals surface area contributed by atoms with Gasteiger partial charge in [-0.05, 0) is 38.0 Å². The van der Waals surface area contributed by atoms with Crippen LogP contribution in [0, 0.1) is 0 Å². The Balaban J connectivity index is 1.87. The summed E-state index contributed by atoms with van der Waals surface area (Å²) in [7, 11) is 0. The molecule has 0 aromatic heterocycles. The van der Waals surface area contributed by atoms with Crippen LogP contribution in [0.15, 0.2) is 24.3 Å². The fraction of sp³-hybridized carbons (Fsp3) is 0.588. The van der Waals surface area contributed by atoms with Crippen LogP contribution >= 0.6 is 0 Å². The zero-order chi connectivity index (χ0) is 15.9. The van der Waals surface area contributed by atoms with Crippen molar-refractivity contribution in [2.75, 3.05) is 26.2 Å². The van der Waals surface area contributed by atoms with Crippen molar-refractivity contribution in [2.45, 2.75) is 39.0 Å². The highest BCUT2D eigenvalue weighted by atomic mass is 16.5. The first kappa shape index (κ1) is 16.9. The second kappa shape index (κ2) is 8.27. The molecule has 1 aromatic carbocycles. The minimum absolute atomic E-state index is 0.0892. The summed E-state index contributed by atoms with van der Waals surface area (Å²) < 4.78 is 5.74. The van der Waals surface area contributed by atoms with Crippen molar-refractivity contribution in [1.82, 2.24) is 10.2 Å². The van der Waals surface area contributed by atoms with Gasteiger partial charge in [0.2, 0.25) is 0 Å². The van der Waals surface area contributed by atoms with Crippen LogP contribution in [0.25, 0.3) is 0 Å². The lowest BCUT2D eigenvalue weighted by Crippen LogP contribution is -2.44. The number of nitrogens with zero attached hydrogens (tertiary/aromatic N) is 1. The van der Waals surface area contributed by atoms with E-state index in [1.54, 1.807) is 0 Å². The summed E-state index contributed by atoms with van der Waals surface area (Å²) >= 11 is 0. The van der Waals surface area contributed by atoms with Crippen LogP contribution in [0.3, 0.4) is 0 Å². The monoisotopic (exact) mass is 306 g/mol. The summed E-state index contributed by atoms with van der Waals surface area (Å²) in [5.41, 5.74) is 1.86. The van der Waals surface area contributed by atoms with Gasteiger partial charge in [0.25, 0.3) is 5.91 Å². The Bertz CT molecular complexity index is 465. The Morgan fingerprint density at radius 1 is 1.27 bits per heavy atom.